The van der Waals surface area contributed by atoms with Crippen molar-refractivity contribution in [2.24, 2.45) is 0 Å². The van der Waals surface area contributed by atoms with Gasteiger partial charge >= 0.3 is 0 Å². The monoisotopic (exact) mass is 289 g/mol. The molecule has 1 aromatic carbocycles. The number of nitrogens with one attached hydrogen (secondary N) is 1. The van der Waals surface area contributed by atoms with Gasteiger partial charge in [-0.15, -0.1) is 0 Å². The molecule has 1 saturated carbocycles. The molecule has 0 amide bonds. The molecule has 0 heterocycles. The predicted octanol–water partition coefficient (Wildman–Crippen LogP) is 5.00. The molecule has 0 radical (unpaired) electrons. The van der Waals surface area contributed by atoms with E-state index in [1.807, 2.05) is 30.8 Å². The van der Waals surface area contributed by atoms with E-state index in [1.165, 1.54) is 19.3 Å². The first-order valence-electron chi connectivity index (χ1n) is 5.81. The van der Waals surface area contributed by atoms with Gasteiger partial charge in [-0.1, -0.05) is 29.6 Å². The van der Waals surface area contributed by atoms with Crippen molar-refractivity contribution in [1.82, 2.24) is 0 Å². The number of halogens is 2. The molecule has 0 bridgehead atoms. The van der Waals surface area contributed by atoms with Gasteiger partial charge in [0.25, 0.3) is 0 Å². The van der Waals surface area contributed by atoms with Gasteiger partial charge in [-0.3, -0.25) is 0 Å². The fourth-order valence-electron chi connectivity index (χ4n) is 2.06. The zero-order chi connectivity index (χ0) is 12.5. The molecule has 0 aliphatic heterocycles. The van der Waals surface area contributed by atoms with Crippen LogP contribution in [0.2, 0.25) is 10.0 Å². The van der Waals surface area contributed by atoms with E-state index < -0.39 is 0 Å². The van der Waals surface area contributed by atoms with Crippen molar-refractivity contribution in [2.45, 2.75) is 30.9 Å². The summed E-state index contributed by atoms with van der Waals surface area (Å²) in [6.07, 6.45) is 6.10. The summed E-state index contributed by atoms with van der Waals surface area (Å²) in [6.45, 7) is 2.93. The predicted molar refractivity (Wildman–Crippen MR) is 79.8 cm³/mol. The van der Waals surface area contributed by atoms with Crippen molar-refractivity contribution in [2.75, 3.05) is 18.1 Å². The molecule has 2 rings (SSSR count). The van der Waals surface area contributed by atoms with E-state index in [0.717, 1.165) is 27.8 Å². The van der Waals surface area contributed by atoms with Crippen LogP contribution in [0.4, 0.5) is 5.69 Å². The third kappa shape index (κ3) is 2.86. The van der Waals surface area contributed by atoms with Gasteiger partial charge in [-0.25, -0.2) is 0 Å². The van der Waals surface area contributed by atoms with Crippen LogP contribution >= 0.6 is 35.0 Å². The lowest BCUT2D eigenvalue weighted by atomic mass is 9.84. The fraction of sp³-hybridized carbons (Fsp3) is 0.538. The number of rotatable bonds is 4. The maximum atomic E-state index is 6.21. The number of anilines is 1. The lowest BCUT2D eigenvalue weighted by Crippen LogP contribution is -2.40. The normalized spacial score (nSPS) is 17.6. The first-order chi connectivity index (χ1) is 8.06. The minimum atomic E-state index is 0.403. The van der Waals surface area contributed by atoms with E-state index in [0.29, 0.717) is 4.75 Å². The van der Waals surface area contributed by atoms with Crippen LogP contribution in [0.15, 0.2) is 12.1 Å². The van der Waals surface area contributed by atoms with E-state index in [9.17, 15) is 0 Å². The van der Waals surface area contributed by atoms with Crippen molar-refractivity contribution in [3.63, 3.8) is 0 Å². The molecule has 1 aliphatic carbocycles. The van der Waals surface area contributed by atoms with Gasteiger partial charge < -0.3 is 5.32 Å². The molecule has 1 aliphatic rings. The molecular weight excluding hydrogens is 273 g/mol. The summed E-state index contributed by atoms with van der Waals surface area (Å²) < 4.78 is 0.403. The van der Waals surface area contributed by atoms with Crippen molar-refractivity contribution in [3.05, 3.63) is 27.7 Å². The second-order valence-electron chi connectivity index (χ2n) is 4.68. The van der Waals surface area contributed by atoms with Gasteiger partial charge in [-0.2, -0.15) is 11.8 Å². The number of benzene rings is 1. The molecule has 4 heteroatoms. The van der Waals surface area contributed by atoms with Gasteiger partial charge in [0.15, 0.2) is 0 Å². The van der Waals surface area contributed by atoms with Crippen LogP contribution in [0.1, 0.15) is 24.8 Å². The second-order valence-corrected chi connectivity index (χ2v) is 6.76. The Hall–Kier alpha value is -0.0500. The summed E-state index contributed by atoms with van der Waals surface area (Å²) in [5, 5.41) is 4.96. The average molecular weight is 290 g/mol. The molecule has 1 aromatic rings. The third-order valence-corrected chi connectivity index (χ3v) is 5.69. The highest BCUT2D eigenvalue weighted by Gasteiger charge is 2.35. The summed E-state index contributed by atoms with van der Waals surface area (Å²) in [5.41, 5.74) is 1.97. The lowest BCUT2D eigenvalue weighted by Gasteiger charge is -2.40. The number of hydrogen-bond acceptors (Lipinski definition) is 2. The lowest BCUT2D eigenvalue weighted by molar-refractivity contribution is 0.380. The molecule has 94 valence electrons. The average Bonchev–Trinajstić information content (AvgIpc) is 2.24. The Morgan fingerprint density at radius 1 is 1.29 bits per heavy atom. The van der Waals surface area contributed by atoms with E-state index >= 15 is 0 Å². The number of hydrogen-bond donors (Lipinski definition) is 1. The summed E-state index contributed by atoms with van der Waals surface area (Å²) in [7, 11) is 0. The summed E-state index contributed by atoms with van der Waals surface area (Å²) in [6, 6.07) is 3.84. The molecule has 0 atom stereocenters. The zero-order valence-corrected chi connectivity index (χ0v) is 12.5. The summed E-state index contributed by atoms with van der Waals surface area (Å²) in [4.78, 5) is 0. The van der Waals surface area contributed by atoms with Crippen LogP contribution in [0.25, 0.3) is 0 Å². The molecule has 0 saturated heterocycles. The number of thioether (sulfide) groups is 1. The Balaban J connectivity index is 2.06. The van der Waals surface area contributed by atoms with Crippen LogP contribution in [0.5, 0.6) is 0 Å². The Morgan fingerprint density at radius 3 is 2.53 bits per heavy atom. The van der Waals surface area contributed by atoms with Crippen LogP contribution in [0.3, 0.4) is 0 Å². The first kappa shape index (κ1) is 13.4. The Labute approximate surface area is 117 Å². The van der Waals surface area contributed by atoms with E-state index in [2.05, 4.69) is 11.6 Å². The van der Waals surface area contributed by atoms with E-state index in [4.69, 9.17) is 23.2 Å². The van der Waals surface area contributed by atoms with Crippen LogP contribution in [0, 0.1) is 6.92 Å². The Kier molecular flexibility index (Phi) is 4.17. The molecule has 1 nitrogen and oxygen atoms in total. The Bertz CT molecular complexity index is 411. The topological polar surface area (TPSA) is 12.0 Å². The summed E-state index contributed by atoms with van der Waals surface area (Å²) >= 11 is 14.3. The minimum absolute atomic E-state index is 0.403. The van der Waals surface area contributed by atoms with E-state index in [-0.39, 0.29) is 0 Å². The molecule has 17 heavy (non-hydrogen) atoms. The first-order valence-corrected chi connectivity index (χ1v) is 7.79. The van der Waals surface area contributed by atoms with Crippen molar-refractivity contribution in [1.29, 1.82) is 0 Å². The van der Waals surface area contributed by atoms with Crippen LogP contribution in [-0.2, 0) is 0 Å². The van der Waals surface area contributed by atoms with Crippen molar-refractivity contribution in [3.8, 4) is 0 Å². The van der Waals surface area contributed by atoms with Gasteiger partial charge in [-0.05, 0) is 43.7 Å². The van der Waals surface area contributed by atoms with Gasteiger partial charge in [0.05, 0.1) is 10.7 Å². The second kappa shape index (κ2) is 5.29. The van der Waals surface area contributed by atoms with Gasteiger partial charge in [0, 0.05) is 16.3 Å². The highest BCUT2D eigenvalue weighted by molar-refractivity contribution is 8.00. The standard InChI is InChI=1S/C13H17Cl2NS/c1-9-6-11(15)12(7-10(9)14)16-8-13(17-2)4-3-5-13/h6-7,16H,3-5,8H2,1-2H3. The highest BCUT2D eigenvalue weighted by atomic mass is 35.5. The van der Waals surface area contributed by atoms with Gasteiger partial charge in [0.2, 0.25) is 0 Å². The maximum absolute atomic E-state index is 6.21. The highest BCUT2D eigenvalue weighted by Crippen LogP contribution is 2.43. The van der Waals surface area contributed by atoms with Gasteiger partial charge in [0.1, 0.15) is 0 Å². The smallest absolute Gasteiger partial charge is 0.0641 e. The minimum Gasteiger partial charge on any atom is -0.382 e. The van der Waals surface area contributed by atoms with Crippen LogP contribution < -0.4 is 5.32 Å². The SMILES string of the molecule is CSC1(CNc2cc(Cl)c(C)cc2Cl)CCC1. The Morgan fingerprint density at radius 2 is 2.00 bits per heavy atom. The number of aryl methyl sites for hydroxylation is 1. The molecule has 0 aromatic heterocycles. The molecule has 1 N–H and O–H groups in total. The molecule has 0 unspecified atom stereocenters. The zero-order valence-electron chi connectivity index (χ0n) is 10.1. The molecular formula is C13H17Cl2NS. The van der Waals surface area contributed by atoms with Crippen molar-refractivity contribution < 1.29 is 0 Å². The maximum Gasteiger partial charge on any atom is 0.0641 e. The summed E-state index contributed by atoms with van der Waals surface area (Å²) in [5.74, 6) is 0. The van der Waals surface area contributed by atoms with Crippen LogP contribution in [-0.4, -0.2) is 17.5 Å². The largest absolute Gasteiger partial charge is 0.382 e. The molecule has 1 fully saturated rings. The quantitative estimate of drug-likeness (QED) is 0.837. The van der Waals surface area contributed by atoms with E-state index in [1.54, 1.807) is 0 Å². The third-order valence-electron chi connectivity index (χ3n) is 3.55. The fourth-order valence-corrected chi connectivity index (χ4v) is 3.42. The molecule has 0 spiro atoms. The van der Waals surface area contributed by atoms with Crippen molar-refractivity contribution >= 4 is 40.7 Å².